The maximum Gasteiger partial charge on any atom is 0.150 e. The highest BCUT2D eigenvalue weighted by molar-refractivity contribution is 7.98. The minimum Gasteiger partial charge on any atom is -0.371 e. The van der Waals surface area contributed by atoms with E-state index in [1.807, 2.05) is 18.2 Å². The number of anilines is 1. The molecule has 0 atom stereocenters. The van der Waals surface area contributed by atoms with Crippen LogP contribution in [-0.2, 0) is 0 Å². The Hall–Kier alpha value is -1.03. The molecule has 1 aromatic carbocycles. The first-order valence-corrected chi connectivity index (χ1v) is 6.03. The summed E-state index contributed by atoms with van der Waals surface area (Å²) < 4.78 is 13.5. The molecule has 0 aliphatic rings. The Bertz CT molecular complexity index is 343. The van der Waals surface area contributed by atoms with E-state index in [-0.39, 0.29) is 5.82 Å². The summed E-state index contributed by atoms with van der Waals surface area (Å²) >= 11 is 1.72. The van der Waals surface area contributed by atoms with Crippen LogP contribution in [0.15, 0.2) is 18.2 Å². The second-order valence-electron chi connectivity index (χ2n) is 3.24. The van der Waals surface area contributed by atoms with Gasteiger partial charge in [-0.2, -0.15) is 11.8 Å². The highest BCUT2D eigenvalue weighted by atomic mass is 32.2. The van der Waals surface area contributed by atoms with Crippen LogP contribution >= 0.6 is 11.8 Å². The molecule has 0 N–H and O–H groups in total. The van der Waals surface area contributed by atoms with Gasteiger partial charge < -0.3 is 4.90 Å². The summed E-state index contributed by atoms with van der Waals surface area (Å²) in [5.41, 5.74) is 0.907. The summed E-state index contributed by atoms with van der Waals surface area (Å²) in [6.07, 6.45) is 2.66. The van der Waals surface area contributed by atoms with Crippen LogP contribution in [0, 0.1) is 5.82 Å². The van der Waals surface area contributed by atoms with E-state index in [0.717, 1.165) is 12.3 Å². The van der Waals surface area contributed by atoms with Crippen LogP contribution < -0.4 is 4.90 Å². The van der Waals surface area contributed by atoms with Crippen LogP contribution in [0.3, 0.4) is 0 Å². The average molecular weight is 227 g/mol. The van der Waals surface area contributed by atoms with Gasteiger partial charge in [0, 0.05) is 24.9 Å². The molecular formula is C11H14FNOS. The highest BCUT2D eigenvalue weighted by Crippen LogP contribution is 2.18. The highest BCUT2D eigenvalue weighted by Gasteiger charge is 2.07. The lowest BCUT2D eigenvalue weighted by Gasteiger charge is -2.19. The fraction of sp³-hybridized carbons (Fsp3) is 0.364. The third-order valence-electron chi connectivity index (χ3n) is 2.15. The molecule has 15 heavy (non-hydrogen) atoms. The molecule has 82 valence electrons. The van der Waals surface area contributed by atoms with Crippen molar-refractivity contribution < 1.29 is 9.18 Å². The molecule has 0 aromatic heterocycles. The molecule has 0 aliphatic carbocycles. The molecule has 0 heterocycles. The van der Waals surface area contributed by atoms with Gasteiger partial charge in [0.2, 0.25) is 0 Å². The van der Waals surface area contributed by atoms with Crippen LogP contribution in [0.4, 0.5) is 10.1 Å². The lowest BCUT2D eigenvalue weighted by atomic mass is 10.2. The predicted octanol–water partition coefficient (Wildman–Crippen LogP) is 2.44. The molecule has 0 bridgehead atoms. The number of nitrogens with zero attached hydrogens (tertiary/aromatic N) is 1. The van der Waals surface area contributed by atoms with Gasteiger partial charge in [0.1, 0.15) is 12.1 Å². The molecule has 1 rings (SSSR count). The SMILES string of the molecule is CSCCN(C)c1ccc(C=O)cc1F. The molecular weight excluding hydrogens is 213 g/mol. The second-order valence-corrected chi connectivity index (χ2v) is 4.23. The van der Waals surface area contributed by atoms with Crippen molar-refractivity contribution in [3.63, 3.8) is 0 Å². The fourth-order valence-electron chi connectivity index (χ4n) is 1.25. The maximum absolute atomic E-state index is 13.5. The predicted molar refractivity (Wildman–Crippen MR) is 63.4 cm³/mol. The third kappa shape index (κ3) is 3.23. The molecule has 0 saturated heterocycles. The number of aldehydes is 1. The summed E-state index contributed by atoms with van der Waals surface area (Å²) in [5.74, 6) is 0.606. The number of halogens is 1. The van der Waals surface area contributed by atoms with Crippen molar-refractivity contribution in [3.8, 4) is 0 Å². The fourth-order valence-corrected chi connectivity index (χ4v) is 1.71. The van der Waals surface area contributed by atoms with Gasteiger partial charge in [-0.3, -0.25) is 4.79 Å². The largest absolute Gasteiger partial charge is 0.371 e. The van der Waals surface area contributed by atoms with E-state index in [9.17, 15) is 9.18 Å². The zero-order valence-corrected chi connectivity index (χ0v) is 9.68. The van der Waals surface area contributed by atoms with Gasteiger partial charge in [-0.1, -0.05) is 0 Å². The Labute approximate surface area is 93.5 Å². The van der Waals surface area contributed by atoms with Crippen molar-refractivity contribution in [1.82, 2.24) is 0 Å². The van der Waals surface area contributed by atoms with Crippen molar-refractivity contribution in [3.05, 3.63) is 29.6 Å². The third-order valence-corrected chi connectivity index (χ3v) is 2.74. The van der Waals surface area contributed by atoms with Gasteiger partial charge in [-0.15, -0.1) is 0 Å². The maximum atomic E-state index is 13.5. The monoisotopic (exact) mass is 227 g/mol. The number of hydrogen-bond donors (Lipinski definition) is 0. The van der Waals surface area contributed by atoms with E-state index in [4.69, 9.17) is 0 Å². The zero-order chi connectivity index (χ0) is 11.3. The lowest BCUT2D eigenvalue weighted by molar-refractivity contribution is 0.112. The standard InChI is InChI=1S/C11H14FNOS/c1-13(5-6-15-2)11-4-3-9(8-14)7-10(11)12/h3-4,7-8H,5-6H2,1-2H3. The van der Waals surface area contributed by atoms with Gasteiger partial charge in [0.05, 0.1) is 5.69 Å². The first-order chi connectivity index (χ1) is 7.19. The molecule has 0 unspecified atom stereocenters. The Morgan fingerprint density at radius 3 is 2.80 bits per heavy atom. The minimum atomic E-state index is -0.344. The van der Waals surface area contributed by atoms with E-state index >= 15 is 0 Å². The van der Waals surface area contributed by atoms with Crippen molar-refractivity contribution >= 4 is 23.7 Å². The summed E-state index contributed by atoms with van der Waals surface area (Å²) in [7, 11) is 1.84. The summed E-state index contributed by atoms with van der Waals surface area (Å²) in [6.45, 7) is 0.790. The molecule has 0 radical (unpaired) electrons. The van der Waals surface area contributed by atoms with Crippen LogP contribution in [0.5, 0.6) is 0 Å². The van der Waals surface area contributed by atoms with Crippen LogP contribution in [0.1, 0.15) is 10.4 Å². The Kier molecular flexibility index (Phi) is 4.62. The number of carbonyl (C=O) groups excluding carboxylic acids is 1. The normalized spacial score (nSPS) is 10.1. The van der Waals surface area contributed by atoms with Crippen LogP contribution in [0.2, 0.25) is 0 Å². The topological polar surface area (TPSA) is 20.3 Å². The van der Waals surface area contributed by atoms with E-state index in [0.29, 0.717) is 17.5 Å². The first-order valence-electron chi connectivity index (χ1n) is 4.64. The molecule has 0 saturated carbocycles. The van der Waals surface area contributed by atoms with Crippen molar-refractivity contribution in [2.24, 2.45) is 0 Å². The van der Waals surface area contributed by atoms with Gasteiger partial charge in [-0.05, 0) is 24.5 Å². The van der Waals surface area contributed by atoms with Gasteiger partial charge in [-0.25, -0.2) is 4.39 Å². The van der Waals surface area contributed by atoms with Gasteiger partial charge in [0.15, 0.2) is 0 Å². The lowest BCUT2D eigenvalue weighted by Crippen LogP contribution is -2.21. The van der Waals surface area contributed by atoms with Crippen molar-refractivity contribution in [2.45, 2.75) is 0 Å². The van der Waals surface area contributed by atoms with E-state index in [1.165, 1.54) is 6.07 Å². The molecule has 4 heteroatoms. The molecule has 0 fully saturated rings. The molecule has 0 amide bonds. The summed E-state index contributed by atoms with van der Waals surface area (Å²) in [5, 5.41) is 0. The second kappa shape index (κ2) is 5.75. The van der Waals surface area contributed by atoms with Crippen molar-refractivity contribution in [1.29, 1.82) is 0 Å². The molecule has 0 spiro atoms. The van der Waals surface area contributed by atoms with Gasteiger partial charge in [0.25, 0.3) is 0 Å². The number of rotatable bonds is 5. The Morgan fingerprint density at radius 1 is 1.53 bits per heavy atom. The number of hydrogen-bond acceptors (Lipinski definition) is 3. The van der Waals surface area contributed by atoms with Crippen LogP contribution in [0.25, 0.3) is 0 Å². The minimum absolute atomic E-state index is 0.344. The van der Waals surface area contributed by atoms with E-state index < -0.39 is 0 Å². The molecule has 2 nitrogen and oxygen atoms in total. The average Bonchev–Trinajstić information content (AvgIpc) is 2.25. The molecule has 1 aromatic rings. The van der Waals surface area contributed by atoms with E-state index in [2.05, 4.69) is 0 Å². The van der Waals surface area contributed by atoms with Crippen LogP contribution in [-0.4, -0.2) is 31.9 Å². The summed E-state index contributed by atoms with van der Waals surface area (Å²) in [4.78, 5) is 12.3. The zero-order valence-electron chi connectivity index (χ0n) is 8.87. The number of carbonyl (C=O) groups is 1. The number of benzene rings is 1. The quantitative estimate of drug-likeness (QED) is 0.721. The Morgan fingerprint density at radius 2 is 2.27 bits per heavy atom. The smallest absolute Gasteiger partial charge is 0.150 e. The first kappa shape index (κ1) is 12.0. The summed E-state index contributed by atoms with van der Waals surface area (Å²) in [6, 6.07) is 4.53. The van der Waals surface area contributed by atoms with E-state index in [1.54, 1.807) is 23.9 Å². The Balaban J connectivity index is 2.80. The molecule has 0 aliphatic heterocycles. The van der Waals surface area contributed by atoms with Gasteiger partial charge >= 0.3 is 0 Å². The number of thioether (sulfide) groups is 1. The van der Waals surface area contributed by atoms with Crippen molar-refractivity contribution in [2.75, 3.05) is 30.5 Å².